The summed E-state index contributed by atoms with van der Waals surface area (Å²) in [4.78, 5) is 17.6. The van der Waals surface area contributed by atoms with Crippen molar-refractivity contribution in [3.05, 3.63) is 18.0 Å². The molecule has 116 valence electrons. The third-order valence-corrected chi connectivity index (χ3v) is 5.45. The lowest BCUT2D eigenvalue weighted by Gasteiger charge is -2.51. The normalized spacial score (nSPS) is 30.8. The van der Waals surface area contributed by atoms with Crippen LogP contribution in [0.15, 0.2) is 12.3 Å². The average Bonchev–Trinajstić information content (AvgIpc) is 2.78. The van der Waals surface area contributed by atoms with Crippen LogP contribution in [0.3, 0.4) is 0 Å². The van der Waals surface area contributed by atoms with Crippen molar-refractivity contribution >= 4 is 5.91 Å². The van der Waals surface area contributed by atoms with Crippen molar-refractivity contribution in [3.8, 4) is 0 Å². The zero-order chi connectivity index (χ0) is 15.0. The van der Waals surface area contributed by atoms with Gasteiger partial charge in [-0.15, -0.1) is 0 Å². The molecular weight excluding hydrogens is 264 g/mol. The lowest BCUT2D eigenvalue weighted by Crippen LogP contribution is -2.63. The molecule has 0 aliphatic carbocycles. The number of hydrogen-bond donors (Lipinski definition) is 0. The van der Waals surface area contributed by atoms with Crippen molar-refractivity contribution in [2.24, 2.45) is 7.05 Å². The highest BCUT2D eigenvalue weighted by Gasteiger charge is 2.47. The highest BCUT2D eigenvalue weighted by molar-refractivity contribution is 5.93. The Kier molecular flexibility index (Phi) is 3.78. The first-order chi connectivity index (χ1) is 10.0. The lowest BCUT2D eigenvalue weighted by atomic mass is 9.80. The predicted octanol–water partition coefficient (Wildman–Crippen LogP) is 1.90. The molecule has 0 radical (unpaired) electrons. The fraction of sp³-hybridized carbons (Fsp3) is 0.750. The second-order valence-corrected chi connectivity index (χ2v) is 6.75. The Morgan fingerprint density at radius 1 is 1.29 bits per heavy atom. The van der Waals surface area contributed by atoms with E-state index in [4.69, 9.17) is 0 Å². The van der Waals surface area contributed by atoms with Crippen LogP contribution in [0, 0.1) is 0 Å². The van der Waals surface area contributed by atoms with Gasteiger partial charge < -0.3 is 9.80 Å². The van der Waals surface area contributed by atoms with Gasteiger partial charge in [-0.3, -0.25) is 9.48 Å². The smallest absolute Gasteiger partial charge is 0.272 e. The van der Waals surface area contributed by atoms with E-state index in [0.29, 0.717) is 11.7 Å². The maximum atomic E-state index is 13.0. The quantitative estimate of drug-likeness (QED) is 0.793. The molecule has 1 aromatic rings. The highest BCUT2D eigenvalue weighted by Crippen LogP contribution is 2.38. The van der Waals surface area contributed by atoms with Crippen LogP contribution in [0.1, 0.15) is 49.5 Å². The number of amides is 1. The molecule has 1 amide bonds. The molecule has 2 aliphatic heterocycles. The Hall–Kier alpha value is -1.36. The summed E-state index contributed by atoms with van der Waals surface area (Å²) in [6.07, 6.45) is 7.48. The number of aromatic nitrogens is 2. The maximum Gasteiger partial charge on any atom is 0.272 e. The third-order valence-electron chi connectivity index (χ3n) is 5.45. The highest BCUT2D eigenvalue weighted by atomic mass is 16.2. The van der Waals surface area contributed by atoms with Crippen molar-refractivity contribution in [3.63, 3.8) is 0 Å². The van der Waals surface area contributed by atoms with E-state index in [0.717, 1.165) is 25.9 Å². The Morgan fingerprint density at radius 3 is 2.81 bits per heavy atom. The van der Waals surface area contributed by atoms with Crippen LogP contribution in [-0.4, -0.2) is 57.2 Å². The van der Waals surface area contributed by atoms with E-state index in [2.05, 4.69) is 28.9 Å². The molecule has 1 aromatic heterocycles. The summed E-state index contributed by atoms with van der Waals surface area (Å²) in [6.45, 7) is 4.30. The standard InChI is InChI=1S/C16H26N4O/c1-16-9-6-11-18(2)14(16)7-4-5-12-20(16)15(21)13-8-10-17-19(13)3/h8,10,14H,4-7,9,11-12H2,1-3H3/t14-,16-/m0/s1. The lowest BCUT2D eigenvalue weighted by molar-refractivity contribution is -0.00441. The van der Waals surface area contributed by atoms with E-state index < -0.39 is 0 Å². The number of fused-ring (bicyclic) bond motifs is 1. The van der Waals surface area contributed by atoms with Crippen molar-refractivity contribution in [2.45, 2.75) is 50.6 Å². The van der Waals surface area contributed by atoms with Gasteiger partial charge in [0.2, 0.25) is 0 Å². The monoisotopic (exact) mass is 290 g/mol. The molecule has 0 bridgehead atoms. The van der Waals surface area contributed by atoms with Gasteiger partial charge in [-0.2, -0.15) is 5.10 Å². The van der Waals surface area contributed by atoms with Crippen molar-refractivity contribution in [1.29, 1.82) is 0 Å². The van der Waals surface area contributed by atoms with Crippen LogP contribution in [0.4, 0.5) is 0 Å². The number of likely N-dealkylation sites (tertiary alicyclic amines) is 2. The zero-order valence-corrected chi connectivity index (χ0v) is 13.4. The molecule has 5 heteroatoms. The SMILES string of the molecule is CN1CCC[C@@]2(C)[C@@H]1CCCCN2C(=O)c1ccnn1C. The largest absolute Gasteiger partial charge is 0.330 e. The van der Waals surface area contributed by atoms with Gasteiger partial charge in [0.15, 0.2) is 0 Å². The van der Waals surface area contributed by atoms with E-state index in [1.54, 1.807) is 10.9 Å². The minimum atomic E-state index is -0.0507. The number of hydrogen-bond acceptors (Lipinski definition) is 3. The van der Waals surface area contributed by atoms with E-state index in [1.165, 1.54) is 19.3 Å². The van der Waals surface area contributed by atoms with Gasteiger partial charge in [0.1, 0.15) is 5.69 Å². The molecular formula is C16H26N4O. The molecule has 0 unspecified atom stereocenters. The van der Waals surface area contributed by atoms with Crippen LogP contribution in [0.5, 0.6) is 0 Å². The summed E-state index contributed by atoms with van der Waals surface area (Å²) in [7, 11) is 4.05. The van der Waals surface area contributed by atoms with Gasteiger partial charge in [0, 0.05) is 25.8 Å². The first-order valence-corrected chi connectivity index (χ1v) is 8.04. The molecule has 0 saturated carbocycles. The van der Waals surface area contributed by atoms with Gasteiger partial charge in [-0.05, 0) is 52.3 Å². The van der Waals surface area contributed by atoms with Gasteiger partial charge in [0.05, 0.1) is 5.54 Å². The predicted molar refractivity (Wildman–Crippen MR) is 82.2 cm³/mol. The van der Waals surface area contributed by atoms with Gasteiger partial charge in [0.25, 0.3) is 5.91 Å². The molecule has 2 aliphatic rings. The van der Waals surface area contributed by atoms with Crippen LogP contribution in [0.2, 0.25) is 0 Å². The minimum Gasteiger partial charge on any atom is -0.330 e. The second kappa shape index (κ2) is 5.44. The number of rotatable bonds is 1. The maximum absolute atomic E-state index is 13.0. The summed E-state index contributed by atoms with van der Waals surface area (Å²) >= 11 is 0. The molecule has 0 N–H and O–H groups in total. The van der Waals surface area contributed by atoms with Crippen LogP contribution < -0.4 is 0 Å². The topological polar surface area (TPSA) is 41.4 Å². The Morgan fingerprint density at radius 2 is 2.10 bits per heavy atom. The molecule has 0 spiro atoms. The fourth-order valence-corrected chi connectivity index (χ4v) is 4.25. The average molecular weight is 290 g/mol. The van der Waals surface area contributed by atoms with E-state index in [-0.39, 0.29) is 11.4 Å². The van der Waals surface area contributed by atoms with Gasteiger partial charge >= 0.3 is 0 Å². The molecule has 2 fully saturated rings. The van der Waals surface area contributed by atoms with Crippen molar-refractivity contribution < 1.29 is 4.79 Å². The molecule has 3 heterocycles. The molecule has 0 aromatic carbocycles. The Bertz CT molecular complexity index is 526. The van der Waals surface area contributed by atoms with E-state index in [1.807, 2.05) is 13.1 Å². The number of piperidine rings is 1. The first kappa shape index (κ1) is 14.6. The van der Waals surface area contributed by atoms with Crippen LogP contribution in [-0.2, 0) is 7.05 Å². The number of aryl methyl sites for hydroxylation is 1. The molecule has 3 rings (SSSR count). The second-order valence-electron chi connectivity index (χ2n) is 6.75. The van der Waals surface area contributed by atoms with Crippen LogP contribution in [0.25, 0.3) is 0 Å². The third kappa shape index (κ3) is 2.37. The summed E-state index contributed by atoms with van der Waals surface area (Å²) < 4.78 is 1.69. The van der Waals surface area contributed by atoms with Crippen molar-refractivity contribution in [2.75, 3.05) is 20.1 Å². The summed E-state index contributed by atoms with van der Waals surface area (Å²) in [5, 5.41) is 4.16. The summed E-state index contributed by atoms with van der Waals surface area (Å²) in [6, 6.07) is 2.31. The van der Waals surface area contributed by atoms with Crippen LogP contribution >= 0.6 is 0 Å². The number of carbonyl (C=O) groups excluding carboxylic acids is 1. The van der Waals surface area contributed by atoms with E-state index >= 15 is 0 Å². The Labute approximate surface area is 126 Å². The Balaban J connectivity index is 1.95. The number of likely N-dealkylation sites (N-methyl/N-ethyl adjacent to an activating group) is 1. The molecule has 2 atom stereocenters. The van der Waals surface area contributed by atoms with E-state index in [9.17, 15) is 4.79 Å². The van der Waals surface area contributed by atoms with Gasteiger partial charge in [-0.1, -0.05) is 6.42 Å². The first-order valence-electron chi connectivity index (χ1n) is 8.04. The number of nitrogens with zero attached hydrogens (tertiary/aromatic N) is 4. The number of carbonyl (C=O) groups is 1. The summed E-state index contributed by atoms with van der Waals surface area (Å²) in [5.41, 5.74) is 0.648. The minimum absolute atomic E-state index is 0.0507. The molecule has 5 nitrogen and oxygen atoms in total. The van der Waals surface area contributed by atoms with Gasteiger partial charge in [-0.25, -0.2) is 0 Å². The molecule has 2 saturated heterocycles. The molecule has 21 heavy (non-hydrogen) atoms. The van der Waals surface area contributed by atoms with Crippen molar-refractivity contribution in [1.82, 2.24) is 19.6 Å². The summed E-state index contributed by atoms with van der Waals surface area (Å²) in [5.74, 6) is 0.139. The zero-order valence-electron chi connectivity index (χ0n) is 13.4. The fourth-order valence-electron chi connectivity index (χ4n) is 4.25.